The molecule has 0 aromatic rings. The monoisotopic (exact) mass is 446 g/mol. The van der Waals surface area contributed by atoms with E-state index >= 15 is 0 Å². The molecule has 4 unspecified atom stereocenters. The van der Waals surface area contributed by atoms with Crippen molar-refractivity contribution in [2.45, 2.75) is 111 Å². The van der Waals surface area contributed by atoms with Gasteiger partial charge >= 0.3 is 0 Å². The van der Waals surface area contributed by atoms with Crippen LogP contribution in [0.3, 0.4) is 0 Å². The normalized spacial score (nSPS) is 42.9. The van der Waals surface area contributed by atoms with Crippen molar-refractivity contribution >= 4 is 11.6 Å². The molecule has 0 N–H and O–H groups in total. The van der Waals surface area contributed by atoms with E-state index in [9.17, 15) is 0 Å². The van der Waals surface area contributed by atoms with Gasteiger partial charge in [0.25, 0.3) is 0 Å². The van der Waals surface area contributed by atoms with E-state index in [-0.39, 0.29) is 6.10 Å². The van der Waals surface area contributed by atoms with E-state index in [0.717, 1.165) is 48.3 Å². The van der Waals surface area contributed by atoms with Crippen LogP contribution in [0.25, 0.3) is 0 Å². The Balaban J connectivity index is 1.47. The Labute approximate surface area is 197 Å². The van der Waals surface area contributed by atoms with Crippen molar-refractivity contribution in [3.63, 3.8) is 0 Å². The first-order valence-electron chi connectivity index (χ1n) is 13.4. The van der Waals surface area contributed by atoms with Crippen molar-refractivity contribution in [3.8, 4) is 0 Å². The van der Waals surface area contributed by atoms with Crippen LogP contribution in [0.1, 0.15) is 105 Å². The molecule has 0 radical (unpaired) electrons. The minimum absolute atomic E-state index is 0.234. The highest BCUT2D eigenvalue weighted by Crippen LogP contribution is 2.67. The third-order valence-electron chi connectivity index (χ3n) is 10.6. The second-order valence-electron chi connectivity index (χ2n) is 12.6. The lowest BCUT2D eigenvalue weighted by Gasteiger charge is -2.58. The summed E-state index contributed by atoms with van der Waals surface area (Å²) in [6, 6.07) is 0. The van der Waals surface area contributed by atoms with E-state index in [1.165, 1.54) is 57.8 Å². The summed E-state index contributed by atoms with van der Waals surface area (Å²) in [5, 5.41) is 0.357. The number of rotatable bonds is 7. The predicted octanol–water partition coefficient (Wildman–Crippen LogP) is 9.12. The fourth-order valence-corrected chi connectivity index (χ4v) is 9.06. The standard InChI is InChI=1S/C29H47ClO/c1-19(2)8-7-9-20(3)25-12-13-26-24-11-10-22-18-23(31-21(4)30)14-16-28(22,5)27(24)15-17-29(25,26)6/h10,19-20,23-27H,4,7-9,11-18H2,1-3,5-6H3/t20-,23?,24?,25-,26?,27?,28+,29-/m1/s1. The maximum Gasteiger partial charge on any atom is 0.179 e. The highest BCUT2D eigenvalue weighted by molar-refractivity contribution is 6.27. The molecule has 0 aromatic heterocycles. The minimum atomic E-state index is 0.234. The molecule has 0 saturated heterocycles. The fraction of sp³-hybridized carbons (Fsp3) is 0.862. The van der Waals surface area contributed by atoms with Crippen molar-refractivity contribution < 1.29 is 4.74 Å². The average Bonchev–Trinajstić information content (AvgIpc) is 3.05. The second-order valence-corrected chi connectivity index (χ2v) is 13.0. The van der Waals surface area contributed by atoms with Crippen molar-refractivity contribution in [1.82, 2.24) is 0 Å². The summed E-state index contributed by atoms with van der Waals surface area (Å²) >= 11 is 5.96. The van der Waals surface area contributed by atoms with Gasteiger partial charge in [-0.3, -0.25) is 0 Å². The maximum absolute atomic E-state index is 5.96. The zero-order valence-corrected chi connectivity index (χ0v) is 21.6. The van der Waals surface area contributed by atoms with E-state index in [4.69, 9.17) is 16.3 Å². The van der Waals surface area contributed by atoms with E-state index < -0.39 is 0 Å². The first-order chi connectivity index (χ1) is 14.6. The lowest BCUT2D eigenvalue weighted by atomic mass is 9.47. The number of allylic oxidation sites excluding steroid dienone is 1. The summed E-state index contributed by atoms with van der Waals surface area (Å²) in [4.78, 5) is 0. The van der Waals surface area contributed by atoms with Crippen LogP contribution in [0.4, 0.5) is 0 Å². The Morgan fingerprint density at radius 2 is 1.87 bits per heavy atom. The van der Waals surface area contributed by atoms with Gasteiger partial charge < -0.3 is 4.74 Å². The smallest absolute Gasteiger partial charge is 0.179 e. The SMILES string of the molecule is C=C(Cl)OC1CC[C@@]2(C)C(=CCC3C2CC[C@@]2(C)C3CC[C@@H]2[C@H](C)CCCC(C)C)C1. The van der Waals surface area contributed by atoms with Gasteiger partial charge in [0.15, 0.2) is 5.22 Å². The summed E-state index contributed by atoms with van der Waals surface area (Å²) in [6.45, 7) is 16.4. The summed E-state index contributed by atoms with van der Waals surface area (Å²) in [5.41, 5.74) is 2.64. The first kappa shape index (κ1) is 23.7. The molecule has 0 bridgehead atoms. The van der Waals surface area contributed by atoms with Gasteiger partial charge in [-0.05, 0) is 109 Å². The van der Waals surface area contributed by atoms with Gasteiger partial charge in [-0.1, -0.05) is 65.5 Å². The molecule has 0 amide bonds. The molecule has 3 saturated carbocycles. The quantitative estimate of drug-likeness (QED) is 0.279. The average molecular weight is 447 g/mol. The predicted molar refractivity (Wildman–Crippen MR) is 133 cm³/mol. The van der Waals surface area contributed by atoms with Gasteiger partial charge in [0.1, 0.15) is 6.10 Å². The molecule has 0 aromatic carbocycles. The molecule has 0 aliphatic heterocycles. The zero-order chi connectivity index (χ0) is 22.4. The Morgan fingerprint density at radius 1 is 1.10 bits per heavy atom. The van der Waals surface area contributed by atoms with E-state index in [1.807, 2.05) is 0 Å². The van der Waals surface area contributed by atoms with Crippen molar-refractivity contribution in [2.75, 3.05) is 0 Å². The van der Waals surface area contributed by atoms with Gasteiger partial charge in [-0.2, -0.15) is 0 Å². The van der Waals surface area contributed by atoms with Gasteiger partial charge in [-0.25, -0.2) is 0 Å². The molecule has 4 rings (SSSR count). The maximum atomic E-state index is 5.96. The second kappa shape index (κ2) is 9.08. The van der Waals surface area contributed by atoms with Crippen LogP contribution in [0.15, 0.2) is 23.4 Å². The van der Waals surface area contributed by atoms with Crippen molar-refractivity contribution in [3.05, 3.63) is 23.4 Å². The molecule has 0 spiro atoms. The van der Waals surface area contributed by atoms with Crippen LogP contribution in [0, 0.1) is 46.3 Å². The number of halogens is 1. The molecule has 3 fully saturated rings. The van der Waals surface area contributed by atoms with Crippen LogP contribution in [-0.4, -0.2) is 6.10 Å². The zero-order valence-electron chi connectivity index (χ0n) is 20.9. The molecule has 1 nitrogen and oxygen atoms in total. The molecular weight excluding hydrogens is 400 g/mol. The number of hydrogen-bond acceptors (Lipinski definition) is 1. The van der Waals surface area contributed by atoms with Gasteiger partial charge in [0.2, 0.25) is 0 Å². The Hall–Kier alpha value is -0.430. The molecule has 0 heterocycles. The van der Waals surface area contributed by atoms with Gasteiger partial charge in [0.05, 0.1) is 0 Å². The lowest BCUT2D eigenvalue weighted by molar-refractivity contribution is -0.0584. The van der Waals surface area contributed by atoms with E-state index in [0.29, 0.717) is 16.0 Å². The lowest BCUT2D eigenvalue weighted by Crippen LogP contribution is -2.51. The van der Waals surface area contributed by atoms with Crippen LogP contribution in [0.5, 0.6) is 0 Å². The minimum Gasteiger partial charge on any atom is -0.480 e. The van der Waals surface area contributed by atoms with E-state index in [2.05, 4.69) is 47.3 Å². The van der Waals surface area contributed by atoms with Crippen molar-refractivity contribution in [2.24, 2.45) is 46.3 Å². The Morgan fingerprint density at radius 3 is 2.58 bits per heavy atom. The molecule has 8 atom stereocenters. The van der Waals surface area contributed by atoms with Gasteiger partial charge in [0, 0.05) is 6.42 Å². The number of fused-ring (bicyclic) bond motifs is 5. The van der Waals surface area contributed by atoms with Crippen molar-refractivity contribution in [1.29, 1.82) is 0 Å². The largest absolute Gasteiger partial charge is 0.480 e. The summed E-state index contributed by atoms with van der Waals surface area (Å²) < 4.78 is 5.82. The molecule has 176 valence electrons. The Bertz CT molecular complexity index is 695. The highest BCUT2D eigenvalue weighted by atomic mass is 35.5. The molecular formula is C29H47ClO. The molecule has 2 heteroatoms. The number of ether oxygens (including phenoxy) is 1. The van der Waals surface area contributed by atoms with Crippen LogP contribution >= 0.6 is 11.6 Å². The van der Waals surface area contributed by atoms with Crippen LogP contribution in [-0.2, 0) is 4.74 Å². The van der Waals surface area contributed by atoms with Crippen LogP contribution in [0.2, 0.25) is 0 Å². The molecule has 4 aliphatic rings. The Kier molecular flexibility index (Phi) is 6.94. The first-order valence-corrected chi connectivity index (χ1v) is 13.7. The van der Waals surface area contributed by atoms with Crippen LogP contribution < -0.4 is 0 Å². The molecule has 31 heavy (non-hydrogen) atoms. The highest BCUT2D eigenvalue weighted by Gasteiger charge is 2.59. The summed E-state index contributed by atoms with van der Waals surface area (Å²) in [7, 11) is 0. The summed E-state index contributed by atoms with van der Waals surface area (Å²) in [6.07, 6.45) is 17.7. The van der Waals surface area contributed by atoms with E-state index in [1.54, 1.807) is 5.57 Å². The summed E-state index contributed by atoms with van der Waals surface area (Å²) in [5.74, 6) is 5.41. The third kappa shape index (κ3) is 4.39. The number of hydrogen-bond donors (Lipinski definition) is 0. The fourth-order valence-electron chi connectivity index (χ4n) is 8.93. The topological polar surface area (TPSA) is 9.23 Å². The molecule has 4 aliphatic carbocycles. The van der Waals surface area contributed by atoms with Gasteiger partial charge in [-0.15, -0.1) is 0 Å². The third-order valence-corrected chi connectivity index (χ3v) is 10.6.